The standard InChI is InChI=1S/C50H79N12O5/c1-47(2,3)33(22-23-50(30-63,49(7,8)9)41(64)36(51)20-14-24-58-45(54)55)29-62(43(66)38(53)27-32-28-60-40-34(32)18-13-19-35(40)48(4,5)6)44(67)39(26-31-16-11-10-12-17-31)61-42(65)37(52)21-15-25-59-46(56)57/h10-13,16-19,28,33,36-39,60H,14-15,20-27,29,51-53H2,1-9H3,(H,61,65)(H4,54,55,58)(H4,56,57,59)/t33?,36-,37-,38-,39-,50?/m0/s1. The van der Waals surface area contributed by atoms with E-state index in [9.17, 15) is 14.4 Å². The van der Waals surface area contributed by atoms with Crippen LogP contribution >= 0.6 is 0 Å². The van der Waals surface area contributed by atoms with Crippen molar-refractivity contribution in [2.45, 2.75) is 143 Å². The van der Waals surface area contributed by atoms with Gasteiger partial charge in [-0.15, -0.1) is 0 Å². The zero-order valence-corrected chi connectivity index (χ0v) is 41.2. The number of aromatic amines is 1. The highest BCUT2D eigenvalue weighted by Gasteiger charge is 2.51. The van der Waals surface area contributed by atoms with Crippen LogP contribution in [0, 0.1) is 33.0 Å². The Balaban J connectivity index is 2.12. The second kappa shape index (κ2) is 23.9. The number of H-pyrrole nitrogens is 1. The summed E-state index contributed by atoms with van der Waals surface area (Å²) >= 11 is 0. The number of aromatic nitrogens is 1. The average molecular weight is 928 g/mol. The molecular weight excluding hydrogens is 849 g/mol. The highest BCUT2D eigenvalue weighted by atomic mass is 16.2. The Hall–Kier alpha value is -5.65. The summed E-state index contributed by atoms with van der Waals surface area (Å²) in [6.07, 6.45) is 5.61. The van der Waals surface area contributed by atoms with Crippen molar-refractivity contribution in [3.8, 4) is 0 Å². The summed E-state index contributed by atoms with van der Waals surface area (Å²) in [5.41, 5.74) is 30.7. The number of para-hydroxylation sites is 1. The molecule has 0 bridgehead atoms. The molecule has 3 rings (SSSR count). The summed E-state index contributed by atoms with van der Waals surface area (Å²) in [5.74, 6) is -3.33. The maximum Gasteiger partial charge on any atom is 0.252 e. The maximum atomic E-state index is 15.3. The number of nitrogens with zero attached hydrogens (tertiary/aromatic N) is 1. The number of hydrogen-bond donors (Lipinski definition) is 11. The number of nitrogens with one attached hydrogen (secondary N) is 6. The Morgan fingerprint density at radius 1 is 0.746 bits per heavy atom. The largest absolute Gasteiger partial charge is 0.370 e. The number of rotatable bonds is 24. The van der Waals surface area contributed by atoms with E-state index in [1.54, 1.807) is 20.8 Å². The second-order valence-corrected chi connectivity index (χ2v) is 21.0. The maximum absolute atomic E-state index is 15.3. The molecule has 3 amide bonds. The van der Waals surface area contributed by atoms with E-state index in [-0.39, 0.29) is 62.4 Å². The Morgan fingerprint density at radius 2 is 1.33 bits per heavy atom. The number of nitrogens with two attached hydrogens (primary N) is 5. The molecule has 1 radical (unpaired) electrons. The van der Waals surface area contributed by atoms with Gasteiger partial charge >= 0.3 is 0 Å². The predicted octanol–water partition coefficient (Wildman–Crippen LogP) is 3.75. The van der Waals surface area contributed by atoms with E-state index in [2.05, 4.69) is 54.1 Å². The van der Waals surface area contributed by atoms with E-state index < -0.39 is 69.8 Å². The third-order valence-electron chi connectivity index (χ3n) is 12.9. The first-order valence-electron chi connectivity index (χ1n) is 23.3. The number of carbonyl (C=O) groups is 4. The van der Waals surface area contributed by atoms with Crippen LogP contribution in [0.25, 0.3) is 10.9 Å². The van der Waals surface area contributed by atoms with Crippen molar-refractivity contribution in [3.63, 3.8) is 0 Å². The first-order valence-corrected chi connectivity index (χ1v) is 23.3. The second-order valence-electron chi connectivity index (χ2n) is 21.0. The number of Topliss-reactive ketones (excluding diaryl/α,β-unsaturated/α-hetero) is 1. The monoisotopic (exact) mass is 928 g/mol. The Labute approximate surface area is 397 Å². The van der Waals surface area contributed by atoms with Crippen LogP contribution in [0.3, 0.4) is 0 Å². The SMILES string of the molecule is CC(C)(C)c1cccc2c(C[C@H](N)C(=O)N(CC(CCC([C]=O)(C(=O)[C@@H](N)CCCNC(=N)N)C(C)(C)C)C(C)(C)C)C(=O)[C@H](Cc3ccccc3)NC(=O)[C@@H](N)CCCNC(=N)N)c[nH]c12. The molecule has 16 N–H and O–H groups in total. The number of ketones is 1. The minimum Gasteiger partial charge on any atom is -0.370 e. The smallest absolute Gasteiger partial charge is 0.252 e. The fourth-order valence-electron chi connectivity index (χ4n) is 8.54. The van der Waals surface area contributed by atoms with Crippen molar-refractivity contribution in [2.24, 2.45) is 50.8 Å². The molecule has 369 valence electrons. The lowest BCUT2D eigenvalue weighted by molar-refractivity contribution is -0.150. The molecule has 17 nitrogen and oxygen atoms in total. The lowest BCUT2D eigenvalue weighted by Gasteiger charge is -2.43. The summed E-state index contributed by atoms with van der Waals surface area (Å²) in [6.45, 7) is 18.1. The van der Waals surface area contributed by atoms with Gasteiger partial charge < -0.3 is 49.6 Å². The van der Waals surface area contributed by atoms with Gasteiger partial charge in [-0.05, 0) is 83.8 Å². The van der Waals surface area contributed by atoms with Gasteiger partial charge in [0.1, 0.15) is 11.5 Å². The van der Waals surface area contributed by atoms with Crippen molar-refractivity contribution >= 4 is 52.6 Å². The summed E-state index contributed by atoms with van der Waals surface area (Å²) < 4.78 is 0. The summed E-state index contributed by atoms with van der Waals surface area (Å²) in [7, 11) is 0. The molecule has 0 saturated heterocycles. The fraction of sp³-hybridized carbons (Fsp3) is 0.580. The number of amides is 3. The molecule has 0 spiro atoms. The van der Waals surface area contributed by atoms with Crippen LogP contribution in [0.2, 0.25) is 0 Å². The first kappa shape index (κ1) is 55.7. The van der Waals surface area contributed by atoms with Gasteiger partial charge in [0, 0.05) is 43.2 Å². The molecule has 0 saturated carbocycles. The van der Waals surface area contributed by atoms with Crippen LogP contribution in [0.5, 0.6) is 0 Å². The van der Waals surface area contributed by atoms with Gasteiger partial charge in [-0.1, -0.05) is 111 Å². The molecule has 0 aliphatic rings. The number of hydrogen-bond acceptors (Lipinski definition) is 10. The van der Waals surface area contributed by atoms with Gasteiger partial charge in [-0.2, -0.15) is 0 Å². The molecule has 2 unspecified atom stereocenters. The minimum atomic E-state index is -1.65. The Kier molecular flexibility index (Phi) is 19.8. The lowest BCUT2D eigenvalue weighted by Crippen LogP contribution is -2.58. The van der Waals surface area contributed by atoms with Gasteiger partial charge in [0.05, 0.1) is 18.1 Å². The van der Waals surface area contributed by atoms with E-state index >= 15 is 9.59 Å². The van der Waals surface area contributed by atoms with E-state index in [1.807, 2.05) is 69.4 Å². The van der Waals surface area contributed by atoms with Crippen molar-refractivity contribution in [3.05, 3.63) is 71.4 Å². The zero-order chi connectivity index (χ0) is 50.5. The molecule has 6 atom stereocenters. The van der Waals surface area contributed by atoms with Crippen molar-refractivity contribution < 1.29 is 24.0 Å². The molecule has 0 aliphatic carbocycles. The summed E-state index contributed by atoms with van der Waals surface area (Å²) in [4.78, 5) is 76.2. The molecular formula is C50H79N12O5. The van der Waals surface area contributed by atoms with Crippen molar-refractivity contribution in [1.29, 1.82) is 10.8 Å². The molecule has 1 aromatic heterocycles. The highest BCUT2D eigenvalue weighted by Crippen LogP contribution is 2.45. The number of fused-ring (bicyclic) bond motifs is 1. The molecule has 2 aromatic carbocycles. The van der Waals surface area contributed by atoms with Crippen LogP contribution in [0.4, 0.5) is 0 Å². The molecule has 3 aromatic rings. The summed E-state index contributed by atoms with van der Waals surface area (Å²) in [6, 6.07) is 10.6. The van der Waals surface area contributed by atoms with Crippen LogP contribution in [0.1, 0.15) is 118 Å². The number of guanidine groups is 2. The molecule has 1 heterocycles. The molecule has 0 aliphatic heterocycles. The van der Waals surface area contributed by atoms with E-state index in [0.29, 0.717) is 25.9 Å². The van der Waals surface area contributed by atoms with Gasteiger partial charge in [0.25, 0.3) is 5.91 Å². The Morgan fingerprint density at radius 3 is 1.85 bits per heavy atom. The zero-order valence-electron chi connectivity index (χ0n) is 41.2. The quantitative estimate of drug-likeness (QED) is 0.0265. The summed E-state index contributed by atoms with van der Waals surface area (Å²) in [5, 5.41) is 24.0. The lowest BCUT2D eigenvalue weighted by atomic mass is 9.59. The van der Waals surface area contributed by atoms with E-state index in [0.717, 1.165) is 32.5 Å². The van der Waals surface area contributed by atoms with Gasteiger partial charge in [-0.25, -0.2) is 0 Å². The third-order valence-corrected chi connectivity index (χ3v) is 12.9. The third kappa shape index (κ3) is 15.4. The molecule has 67 heavy (non-hydrogen) atoms. The number of carbonyl (C=O) groups excluding carboxylic acids is 5. The number of benzene rings is 2. The molecule has 17 heteroatoms. The van der Waals surface area contributed by atoms with Crippen LogP contribution in [0.15, 0.2) is 54.7 Å². The average Bonchev–Trinajstić information content (AvgIpc) is 3.65. The van der Waals surface area contributed by atoms with E-state index in [1.165, 1.54) is 0 Å². The molecule has 0 fully saturated rings. The minimum absolute atomic E-state index is 0.0193. The van der Waals surface area contributed by atoms with E-state index in [4.69, 9.17) is 39.5 Å². The van der Waals surface area contributed by atoms with Gasteiger partial charge in [0.15, 0.2) is 17.7 Å². The van der Waals surface area contributed by atoms with Crippen LogP contribution in [-0.4, -0.2) is 95.4 Å². The topological polar surface area (TPSA) is 318 Å². The predicted molar refractivity (Wildman–Crippen MR) is 266 cm³/mol. The Bertz CT molecular complexity index is 2170. The van der Waals surface area contributed by atoms with Gasteiger partial charge in [0.2, 0.25) is 18.1 Å². The highest BCUT2D eigenvalue weighted by molar-refractivity contribution is 6.03. The number of imide groups is 1. The van der Waals surface area contributed by atoms with Crippen molar-refractivity contribution in [1.82, 2.24) is 25.8 Å². The van der Waals surface area contributed by atoms with Gasteiger partial charge in [-0.3, -0.25) is 39.7 Å². The fourth-order valence-corrected chi connectivity index (χ4v) is 8.54. The van der Waals surface area contributed by atoms with Crippen molar-refractivity contribution in [2.75, 3.05) is 19.6 Å². The first-order chi connectivity index (χ1) is 31.1. The van der Waals surface area contributed by atoms with Crippen LogP contribution in [-0.2, 0) is 42.2 Å². The normalized spacial score (nSPS) is 15.3. The van der Waals surface area contributed by atoms with Crippen LogP contribution < -0.4 is 44.6 Å².